The Balaban J connectivity index is 2.61. The second-order valence-electron chi connectivity index (χ2n) is 5.19. The van der Waals surface area contributed by atoms with Gasteiger partial charge in [0.05, 0.1) is 12.2 Å². The molecule has 0 saturated carbocycles. The lowest BCUT2D eigenvalue weighted by atomic mass is 9.93. The van der Waals surface area contributed by atoms with E-state index in [-0.39, 0.29) is 17.6 Å². The molecular weight excluding hydrogens is 221 g/mol. The second-order valence-corrected chi connectivity index (χ2v) is 5.19. The van der Waals surface area contributed by atoms with E-state index in [1.165, 1.54) is 12.1 Å². The molecule has 0 aromatic heterocycles. The number of carbonyl (C=O) groups is 1. The Kier molecular flexibility index (Phi) is 4.10. The molecule has 0 unspecified atom stereocenters. The van der Waals surface area contributed by atoms with Gasteiger partial charge in [-0.3, -0.25) is 0 Å². The van der Waals surface area contributed by atoms with Crippen molar-refractivity contribution < 1.29 is 13.9 Å². The standard InChI is InChI=1S/C13H18FNO2/c1-13(2,3)6-7-17-12(16)10-8-9(15)4-5-11(10)14/h4-5,8H,6-7,15H2,1-3H3. The van der Waals surface area contributed by atoms with E-state index in [2.05, 4.69) is 0 Å². The number of anilines is 1. The van der Waals surface area contributed by atoms with E-state index in [1.54, 1.807) is 0 Å². The van der Waals surface area contributed by atoms with E-state index in [9.17, 15) is 9.18 Å². The van der Waals surface area contributed by atoms with Gasteiger partial charge in [-0.05, 0) is 30.0 Å². The van der Waals surface area contributed by atoms with Crippen LogP contribution in [-0.4, -0.2) is 12.6 Å². The van der Waals surface area contributed by atoms with Crippen LogP contribution in [0, 0.1) is 11.2 Å². The molecule has 0 spiro atoms. The van der Waals surface area contributed by atoms with Crippen LogP contribution in [0.15, 0.2) is 18.2 Å². The summed E-state index contributed by atoms with van der Waals surface area (Å²) in [5.74, 6) is -1.28. The minimum atomic E-state index is -0.668. The summed E-state index contributed by atoms with van der Waals surface area (Å²) in [6.07, 6.45) is 0.725. The zero-order valence-corrected chi connectivity index (χ0v) is 10.4. The molecular formula is C13H18FNO2. The molecule has 0 heterocycles. The van der Waals surface area contributed by atoms with Crippen molar-refractivity contribution >= 4 is 11.7 Å². The van der Waals surface area contributed by atoms with E-state index in [0.29, 0.717) is 5.69 Å². The summed E-state index contributed by atoms with van der Waals surface area (Å²) in [6.45, 7) is 6.41. The molecule has 1 aromatic rings. The molecule has 0 saturated heterocycles. The molecule has 3 nitrogen and oxygen atoms in total. The first-order chi connectivity index (χ1) is 7.79. The van der Waals surface area contributed by atoms with Crippen molar-refractivity contribution in [3.63, 3.8) is 0 Å². The van der Waals surface area contributed by atoms with Gasteiger partial charge < -0.3 is 10.5 Å². The van der Waals surface area contributed by atoms with Crippen LogP contribution in [0.4, 0.5) is 10.1 Å². The van der Waals surface area contributed by atoms with E-state index in [1.807, 2.05) is 20.8 Å². The Morgan fingerprint density at radius 2 is 2.06 bits per heavy atom. The van der Waals surface area contributed by atoms with Crippen LogP contribution in [0.3, 0.4) is 0 Å². The fourth-order valence-electron chi connectivity index (χ4n) is 1.23. The minimum Gasteiger partial charge on any atom is -0.462 e. The number of carbonyl (C=O) groups excluding carboxylic acids is 1. The van der Waals surface area contributed by atoms with E-state index in [4.69, 9.17) is 10.5 Å². The Labute approximate surface area is 101 Å². The summed E-state index contributed by atoms with van der Waals surface area (Å²) in [5, 5.41) is 0. The Morgan fingerprint density at radius 3 is 2.65 bits per heavy atom. The molecule has 0 amide bonds. The fraction of sp³-hybridized carbons (Fsp3) is 0.462. The van der Waals surface area contributed by atoms with Crippen LogP contribution in [0.2, 0.25) is 0 Å². The van der Waals surface area contributed by atoms with E-state index >= 15 is 0 Å². The van der Waals surface area contributed by atoms with Gasteiger partial charge in [0.15, 0.2) is 0 Å². The molecule has 0 fully saturated rings. The lowest BCUT2D eigenvalue weighted by Crippen LogP contribution is -2.14. The minimum absolute atomic E-state index is 0.0779. The van der Waals surface area contributed by atoms with Gasteiger partial charge in [0.25, 0.3) is 0 Å². The van der Waals surface area contributed by atoms with Crippen molar-refractivity contribution in [3.8, 4) is 0 Å². The van der Waals surface area contributed by atoms with Gasteiger partial charge in [0, 0.05) is 5.69 Å². The van der Waals surface area contributed by atoms with Gasteiger partial charge in [0.2, 0.25) is 0 Å². The molecule has 1 aromatic carbocycles. The molecule has 94 valence electrons. The van der Waals surface area contributed by atoms with Gasteiger partial charge >= 0.3 is 5.97 Å². The van der Waals surface area contributed by atoms with E-state index < -0.39 is 11.8 Å². The summed E-state index contributed by atoms with van der Waals surface area (Å²) in [5.41, 5.74) is 5.80. The highest BCUT2D eigenvalue weighted by Gasteiger charge is 2.15. The fourth-order valence-corrected chi connectivity index (χ4v) is 1.23. The number of hydrogen-bond acceptors (Lipinski definition) is 3. The SMILES string of the molecule is CC(C)(C)CCOC(=O)c1cc(N)ccc1F. The highest BCUT2D eigenvalue weighted by Crippen LogP contribution is 2.19. The maximum absolute atomic E-state index is 13.3. The third-order valence-corrected chi connectivity index (χ3v) is 2.30. The molecule has 0 radical (unpaired) electrons. The first-order valence-corrected chi connectivity index (χ1v) is 5.52. The summed E-state index contributed by atoms with van der Waals surface area (Å²) >= 11 is 0. The Bertz CT molecular complexity index is 410. The van der Waals surface area contributed by atoms with Crippen molar-refractivity contribution in [1.82, 2.24) is 0 Å². The zero-order chi connectivity index (χ0) is 13.1. The van der Waals surface area contributed by atoms with Crippen LogP contribution in [0.5, 0.6) is 0 Å². The van der Waals surface area contributed by atoms with Gasteiger partial charge in [-0.1, -0.05) is 20.8 Å². The maximum atomic E-state index is 13.3. The molecule has 0 bridgehead atoms. The van der Waals surface area contributed by atoms with Gasteiger partial charge in [-0.2, -0.15) is 0 Å². The van der Waals surface area contributed by atoms with Crippen LogP contribution < -0.4 is 5.73 Å². The number of hydrogen-bond donors (Lipinski definition) is 1. The lowest BCUT2D eigenvalue weighted by Gasteiger charge is -2.17. The average molecular weight is 239 g/mol. The molecule has 17 heavy (non-hydrogen) atoms. The molecule has 0 aliphatic heterocycles. The highest BCUT2D eigenvalue weighted by molar-refractivity contribution is 5.90. The average Bonchev–Trinajstić information content (AvgIpc) is 2.19. The van der Waals surface area contributed by atoms with Gasteiger partial charge in [-0.15, -0.1) is 0 Å². The number of benzene rings is 1. The normalized spacial score (nSPS) is 11.3. The first kappa shape index (κ1) is 13.5. The van der Waals surface area contributed by atoms with Crippen LogP contribution in [-0.2, 0) is 4.74 Å². The number of halogens is 1. The zero-order valence-electron chi connectivity index (χ0n) is 10.4. The topological polar surface area (TPSA) is 52.3 Å². The maximum Gasteiger partial charge on any atom is 0.341 e. The number of nitrogens with two attached hydrogens (primary N) is 1. The lowest BCUT2D eigenvalue weighted by molar-refractivity contribution is 0.0459. The predicted octanol–water partition coefficient (Wildman–Crippen LogP) is 3.00. The highest BCUT2D eigenvalue weighted by atomic mass is 19.1. The monoisotopic (exact) mass is 239 g/mol. The van der Waals surface area contributed by atoms with E-state index in [0.717, 1.165) is 12.5 Å². The summed E-state index contributed by atoms with van der Waals surface area (Å²) in [7, 11) is 0. The third-order valence-electron chi connectivity index (χ3n) is 2.30. The van der Waals surface area contributed by atoms with Gasteiger partial charge in [-0.25, -0.2) is 9.18 Å². The van der Waals surface area contributed by atoms with Crippen LogP contribution in [0.25, 0.3) is 0 Å². The van der Waals surface area contributed by atoms with Crippen LogP contribution >= 0.6 is 0 Å². The predicted molar refractivity (Wildman–Crippen MR) is 65.2 cm³/mol. The summed E-state index contributed by atoms with van der Waals surface area (Å²) < 4.78 is 18.3. The smallest absolute Gasteiger partial charge is 0.341 e. The molecule has 0 aliphatic rings. The van der Waals surface area contributed by atoms with Crippen LogP contribution in [0.1, 0.15) is 37.6 Å². The van der Waals surface area contributed by atoms with Crippen molar-refractivity contribution in [3.05, 3.63) is 29.6 Å². The Hall–Kier alpha value is -1.58. The number of esters is 1. The molecule has 0 atom stereocenters. The quantitative estimate of drug-likeness (QED) is 0.651. The Morgan fingerprint density at radius 1 is 1.41 bits per heavy atom. The molecule has 2 N–H and O–H groups in total. The summed E-state index contributed by atoms with van der Waals surface area (Å²) in [4.78, 5) is 11.6. The molecule has 0 aliphatic carbocycles. The number of ether oxygens (including phenoxy) is 1. The first-order valence-electron chi connectivity index (χ1n) is 5.52. The van der Waals surface area contributed by atoms with Crippen molar-refractivity contribution in [2.75, 3.05) is 12.3 Å². The van der Waals surface area contributed by atoms with Crippen molar-refractivity contribution in [1.29, 1.82) is 0 Å². The largest absolute Gasteiger partial charge is 0.462 e. The van der Waals surface area contributed by atoms with Crippen molar-refractivity contribution in [2.24, 2.45) is 5.41 Å². The van der Waals surface area contributed by atoms with Gasteiger partial charge in [0.1, 0.15) is 5.82 Å². The molecule has 1 rings (SSSR count). The number of rotatable bonds is 3. The third kappa shape index (κ3) is 4.43. The second kappa shape index (κ2) is 5.17. The number of nitrogen functional groups attached to an aromatic ring is 1. The summed E-state index contributed by atoms with van der Waals surface area (Å²) in [6, 6.07) is 3.85. The molecule has 4 heteroatoms. The van der Waals surface area contributed by atoms with Crippen molar-refractivity contribution in [2.45, 2.75) is 27.2 Å².